The zero-order valence-electron chi connectivity index (χ0n) is 22.6. The molecular weight excluding hydrogens is 513 g/mol. The molecule has 0 saturated carbocycles. The molecule has 39 heavy (non-hydrogen) atoms. The van der Waals surface area contributed by atoms with E-state index < -0.39 is 0 Å². The van der Waals surface area contributed by atoms with Crippen molar-refractivity contribution in [1.82, 2.24) is 34.9 Å². The fraction of sp³-hybridized carbons (Fsp3) is 0.429. The SMILES string of the molecule is Cc1ccc2cc(Sc3nc(Nc4cc(C)[nH]n4)cc(N4CCN(C5CCN(C)CC5)CC4)n3)cc(F)c2n1. The monoisotopic (exact) mass is 547 g/mol. The van der Waals surface area contributed by atoms with Crippen LogP contribution in [0.15, 0.2) is 46.5 Å². The van der Waals surface area contributed by atoms with E-state index in [1.165, 1.54) is 43.8 Å². The van der Waals surface area contributed by atoms with E-state index in [9.17, 15) is 4.39 Å². The molecule has 2 fully saturated rings. The molecule has 0 atom stereocenters. The lowest BCUT2D eigenvalue weighted by atomic mass is 10.0. The van der Waals surface area contributed by atoms with E-state index in [4.69, 9.17) is 9.97 Å². The van der Waals surface area contributed by atoms with E-state index in [-0.39, 0.29) is 5.82 Å². The Balaban J connectivity index is 1.24. The van der Waals surface area contributed by atoms with Crippen LogP contribution < -0.4 is 10.2 Å². The van der Waals surface area contributed by atoms with Gasteiger partial charge in [0.25, 0.3) is 0 Å². The van der Waals surface area contributed by atoms with Gasteiger partial charge >= 0.3 is 0 Å². The lowest BCUT2D eigenvalue weighted by Gasteiger charge is -2.42. The number of aryl methyl sites for hydroxylation is 2. The van der Waals surface area contributed by atoms with Crippen LogP contribution in [0.4, 0.5) is 21.8 Å². The van der Waals surface area contributed by atoms with Gasteiger partial charge in [0.1, 0.15) is 17.2 Å². The minimum atomic E-state index is -0.342. The Kier molecular flexibility index (Phi) is 7.37. The fourth-order valence-electron chi connectivity index (χ4n) is 5.40. The van der Waals surface area contributed by atoms with Crippen molar-refractivity contribution in [3.63, 3.8) is 0 Å². The Morgan fingerprint density at radius 2 is 1.72 bits per heavy atom. The molecule has 0 spiro atoms. The van der Waals surface area contributed by atoms with E-state index in [1.54, 1.807) is 0 Å². The maximum Gasteiger partial charge on any atom is 0.196 e. The summed E-state index contributed by atoms with van der Waals surface area (Å²) in [6, 6.07) is 11.8. The number of aromatic amines is 1. The van der Waals surface area contributed by atoms with Crippen LogP contribution >= 0.6 is 11.8 Å². The van der Waals surface area contributed by atoms with Crippen molar-refractivity contribution >= 4 is 40.1 Å². The Morgan fingerprint density at radius 1 is 0.923 bits per heavy atom. The van der Waals surface area contributed by atoms with Crippen LogP contribution in [-0.2, 0) is 0 Å². The van der Waals surface area contributed by atoms with E-state index in [0.29, 0.717) is 28.4 Å². The Morgan fingerprint density at radius 3 is 2.46 bits per heavy atom. The number of halogens is 1. The Labute approximate surface area is 232 Å². The van der Waals surface area contributed by atoms with Gasteiger partial charge in [0.2, 0.25) is 0 Å². The molecule has 204 valence electrons. The molecule has 0 radical (unpaired) electrons. The number of fused-ring (bicyclic) bond motifs is 1. The first kappa shape index (κ1) is 26.0. The van der Waals surface area contributed by atoms with Crippen molar-refractivity contribution in [2.45, 2.75) is 42.8 Å². The first-order valence-corrected chi connectivity index (χ1v) is 14.3. The number of H-pyrrole nitrogens is 1. The number of piperazine rings is 1. The van der Waals surface area contributed by atoms with Crippen LogP contribution in [0.1, 0.15) is 24.2 Å². The van der Waals surface area contributed by atoms with Gasteiger partial charge in [0.05, 0.1) is 0 Å². The zero-order valence-corrected chi connectivity index (χ0v) is 23.4. The Hall–Kier alpha value is -3.28. The normalized spacial score (nSPS) is 17.7. The van der Waals surface area contributed by atoms with Gasteiger partial charge in [-0.2, -0.15) is 5.10 Å². The third kappa shape index (κ3) is 6.00. The van der Waals surface area contributed by atoms with Crippen molar-refractivity contribution in [2.75, 3.05) is 56.5 Å². The number of anilines is 3. The fourth-order valence-corrected chi connectivity index (χ4v) is 6.24. The molecule has 0 bridgehead atoms. The highest BCUT2D eigenvalue weighted by atomic mass is 32.2. The molecule has 0 aliphatic carbocycles. The van der Waals surface area contributed by atoms with Gasteiger partial charge in [-0.25, -0.2) is 14.4 Å². The molecule has 1 aromatic carbocycles. The summed E-state index contributed by atoms with van der Waals surface area (Å²) in [5, 5.41) is 11.9. The predicted octanol–water partition coefficient (Wildman–Crippen LogP) is 4.61. The van der Waals surface area contributed by atoms with Crippen LogP contribution in [0.5, 0.6) is 0 Å². The number of hydrogen-bond acceptors (Lipinski definition) is 9. The summed E-state index contributed by atoms with van der Waals surface area (Å²) in [4.78, 5) is 22.1. The maximum atomic E-state index is 14.9. The van der Waals surface area contributed by atoms with Crippen molar-refractivity contribution in [2.24, 2.45) is 0 Å². The number of likely N-dealkylation sites (tertiary alicyclic amines) is 1. The van der Waals surface area contributed by atoms with Gasteiger partial charge in [0.15, 0.2) is 16.8 Å². The summed E-state index contributed by atoms with van der Waals surface area (Å²) < 4.78 is 14.9. The van der Waals surface area contributed by atoms with E-state index in [1.807, 2.05) is 44.2 Å². The van der Waals surface area contributed by atoms with Crippen molar-refractivity contribution in [3.05, 3.63) is 53.6 Å². The summed E-state index contributed by atoms with van der Waals surface area (Å²) in [6.45, 7) is 10.0. The molecule has 2 aliphatic rings. The van der Waals surface area contributed by atoms with Crippen molar-refractivity contribution in [1.29, 1.82) is 0 Å². The number of aromatic nitrogens is 5. The summed E-state index contributed by atoms with van der Waals surface area (Å²) in [5.74, 6) is 1.87. The molecule has 2 aliphatic heterocycles. The third-order valence-corrected chi connectivity index (χ3v) is 8.40. The first-order valence-electron chi connectivity index (χ1n) is 13.5. The number of nitrogens with zero attached hydrogens (tertiary/aromatic N) is 7. The van der Waals surface area contributed by atoms with Gasteiger partial charge in [0, 0.05) is 66.0 Å². The number of pyridine rings is 1. The highest BCUT2D eigenvalue weighted by Gasteiger charge is 2.27. The molecule has 2 saturated heterocycles. The van der Waals surface area contributed by atoms with E-state index in [2.05, 4.69) is 42.2 Å². The van der Waals surface area contributed by atoms with Crippen LogP contribution in [0.2, 0.25) is 0 Å². The maximum absolute atomic E-state index is 14.9. The number of piperidine rings is 1. The van der Waals surface area contributed by atoms with Gasteiger partial charge in [-0.15, -0.1) is 0 Å². The quantitative estimate of drug-likeness (QED) is 0.336. The number of hydrogen-bond donors (Lipinski definition) is 2. The molecule has 6 rings (SSSR count). The van der Waals surface area contributed by atoms with Crippen molar-refractivity contribution < 1.29 is 4.39 Å². The largest absolute Gasteiger partial charge is 0.354 e. The molecule has 9 nitrogen and oxygen atoms in total. The van der Waals surface area contributed by atoms with Crippen LogP contribution in [0.25, 0.3) is 10.9 Å². The van der Waals surface area contributed by atoms with Crippen LogP contribution in [-0.4, -0.2) is 87.3 Å². The third-order valence-electron chi connectivity index (χ3n) is 7.56. The molecular formula is C28H34FN9S. The summed E-state index contributed by atoms with van der Waals surface area (Å²) in [6.07, 6.45) is 2.47. The summed E-state index contributed by atoms with van der Waals surface area (Å²) >= 11 is 1.35. The standard InChI is InChI=1S/C28H34FN9S/c1-18-4-5-20-15-22(16-23(29)27(20)30-18)39-28-32-24(31-25-14-19(2)34-35-25)17-26(33-28)38-12-10-37(11-13-38)21-6-8-36(3)9-7-21/h4-5,14-17,21H,6-13H2,1-3H3,(H2,31,32,33,34,35). The molecule has 0 amide bonds. The number of benzene rings is 1. The summed E-state index contributed by atoms with van der Waals surface area (Å²) in [5.41, 5.74) is 2.13. The smallest absolute Gasteiger partial charge is 0.196 e. The number of nitrogens with one attached hydrogen (secondary N) is 2. The number of rotatable bonds is 6. The lowest BCUT2D eigenvalue weighted by Crippen LogP contribution is -2.53. The second kappa shape index (κ2) is 11.1. The molecule has 2 N–H and O–H groups in total. The highest BCUT2D eigenvalue weighted by molar-refractivity contribution is 7.99. The zero-order chi connectivity index (χ0) is 26.9. The molecule has 4 aromatic rings. The topological polar surface area (TPSA) is 89.1 Å². The minimum absolute atomic E-state index is 0.342. The van der Waals surface area contributed by atoms with E-state index >= 15 is 0 Å². The lowest BCUT2D eigenvalue weighted by molar-refractivity contribution is 0.115. The molecule has 5 heterocycles. The highest BCUT2D eigenvalue weighted by Crippen LogP contribution is 2.32. The molecule has 3 aromatic heterocycles. The second-order valence-electron chi connectivity index (χ2n) is 10.5. The average molecular weight is 548 g/mol. The second-order valence-corrected chi connectivity index (χ2v) is 11.6. The minimum Gasteiger partial charge on any atom is -0.354 e. The van der Waals surface area contributed by atoms with Gasteiger partial charge in [-0.3, -0.25) is 15.0 Å². The molecule has 0 unspecified atom stereocenters. The van der Waals surface area contributed by atoms with Crippen molar-refractivity contribution in [3.8, 4) is 0 Å². The van der Waals surface area contributed by atoms with E-state index in [0.717, 1.165) is 53.7 Å². The average Bonchev–Trinajstić information content (AvgIpc) is 3.34. The van der Waals surface area contributed by atoms with Gasteiger partial charge in [-0.05, 0) is 76.8 Å². The van der Waals surface area contributed by atoms with Crippen LogP contribution in [0.3, 0.4) is 0 Å². The molecule has 11 heteroatoms. The predicted molar refractivity (Wildman–Crippen MR) is 154 cm³/mol. The van der Waals surface area contributed by atoms with Gasteiger partial charge in [-0.1, -0.05) is 6.07 Å². The van der Waals surface area contributed by atoms with Gasteiger partial charge < -0.3 is 15.1 Å². The Bertz CT molecular complexity index is 1460. The summed E-state index contributed by atoms with van der Waals surface area (Å²) in [7, 11) is 2.21. The van der Waals surface area contributed by atoms with Crippen LogP contribution in [0, 0.1) is 19.7 Å². The first-order chi connectivity index (χ1) is 18.9.